The van der Waals surface area contributed by atoms with E-state index in [1.54, 1.807) is 17.6 Å². The van der Waals surface area contributed by atoms with Crippen LogP contribution in [0.1, 0.15) is 18.3 Å². The molecule has 9 heteroatoms. The molecule has 1 aliphatic rings. The maximum Gasteiger partial charge on any atom is 0.194 e. The number of aliphatic imine (C=N–C) groups is 1. The van der Waals surface area contributed by atoms with Crippen molar-refractivity contribution >= 4 is 22.4 Å². The van der Waals surface area contributed by atoms with Crippen molar-refractivity contribution in [2.75, 3.05) is 51.7 Å². The van der Waals surface area contributed by atoms with E-state index in [1.807, 2.05) is 25.1 Å². The predicted molar refractivity (Wildman–Crippen MR) is 105 cm³/mol. The number of piperazine rings is 1. The van der Waals surface area contributed by atoms with Crippen LogP contribution in [0.25, 0.3) is 0 Å². The highest BCUT2D eigenvalue weighted by atomic mass is 32.1. The van der Waals surface area contributed by atoms with Gasteiger partial charge in [0, 0.05) is 64.8 Å². The molecule has 0 radical (unpaired) electrons. The van der Waals surface area contributed by atoms with Crippen molar-refractivity contribution in [1.82, 2.24) is 25.3 Å². The van der Waals surface area contributed by atoms with Gasteiger partial charge in [-0.1, -0.05) is 5.16 Å². The van der Waals surface area contributed by atoms with Gasteiger partial charge in [0.25, 0.3) is 0 Å². The van der Waals surface area contributed by atoms with Gasteiger partial charge in [0.1, 0.15) is 6.26 Å². The third-order valence-electron chi connectivity index (χ3n) is 4.20. The zero-order valence-electron chi connectivity index (χ0n) is 15.7. The maximum atomic E-state index is 4.91. The standard InChI is InChI=1S/C17H27N7OS/c1-4-18-16(19-11-15-13-26-17(20-15)22(2)3)24-8-6-23(7-9-24)12-14-5-10-25-21-14/h5,10,13H,4,6-9,11-12H2,1-3H3,(H,18,19). The normalized spacial score (nSPS) is 16.1. The van der Waals surface area contributed by atoms with E-state index in [2.05, 4.69) is 37.6 Å². The highest BCUT2D eigenvalue weighted by molar-refractivity contribution is 7.13. The first-order chi connectivity index (χ1) is 12.7. The molecule has 26 heavy (non-hydrogen) atoms. The van der Waals surface area contributed by atoms with Crippen LogP contribution in [0.5, 0.6) is 0 Å². The zero-order chi connectivity index (χ0) is 18.4. The summed E-state index contributed by atoms with van der Waals surface area (Å²) in [7, 11) is 4.02. The predicted octanol–water partition coefficient (Wildman–Crippen LogP) is 1.48. The van der Waals surface area contributed by atoms with Gasteiger partial charge in [0.05, 0.1) is 17.9 Å². The third kappa shape index (κ3) is 4.95. The topological polar surface area (TPSA) is 73.0 Å². The largest absolute Gasteiger partial charge is 0.364 e. The van der Waals surface area contributed by atoms with Gasteiger partial charge >= 0.3 is 0 Å². The van der Waals surface area contributed by atoms with Gasteiger partial charge in [0.15, 0.2) is 11.1 Å². The van der Waals surface area contributed by atoms with Crippen molar-refractivity contribution < 1.29 is 4.52 Å². The fraction of sp³-hybridized carbons (Fsp3) is 0.588. The number of thiazole rings is 1. The lowest BCUT2D eigenvalue weighted by Crippen LogP contribution is -2.52. The van der Waals surface area contributed by atoms with Crippen LogP contribution in [0.4, 0.5) is 5.13 Å². The average molecular weight is 378 g/mol. The van der Waals surface area contributed by atoms with Gasteiger partial charge < -0.3 is 19.6 Å². The Hall–Kier alpha value is -2.13. The highest BCUT2D eigenvalue weighted by Crippen LogP contribution is 2.18. The first kappa shape index (κ1) is 18.7. The molecule has 0 amide bonds. The molecule has 0 aromatic carbocycles. The number of rotatable bonds is 6. The van der Waals surface area contributed by atoms with E-state index < -0.39 is 0 Å². The van der Waals surface area contributed by atoms with E-state index in [0.29, 0.717) is 6.54 Å². The molecule has 2 aromatic rings. The molecule has 3 heterocycles. The Balaban J connectivity index is 1.55. The van der Waals surface area contributed by atoms with E-state index >= 15 is 0 Å². The highest BCUT2D eigenvalue weighted by Gasteiger charge is 2.20. The Bertz CT molecular complexity index is 690. The molecular weight excluding hydrogens is 350 g/mol. The monoisotopic (exact) mass is 377 g/mol. The summed E-state index contributed by atoms with van der Waals surface area (Å²) in [5, 5.41) is 10.5. The molecule has 1 saturated heterocycles. The number of aromatic nitrogens is 2. The van der Waals surface area contributed by atoms with E-state index in [4.69, 9.17) is 9.52 Å². The molecule has 1 aliphatic heterocycles. The lowest BCUT2D eigenvalue weighted by atomic mass is 10.3. The summed E-state index contributed by atoms with van der Waals surface area (Å²) in [5.41, 5.74) is 2.00. The third-order valence-corrected chi connectivity index (χ3v) is 5.25. The second-order valence-corrected chi connectivity index (χ2v) is 7.28. The molecular formula is C17H27N7OS. The van der Waals surface area contributed by atoms with Crippen LogP contribution in [0.3, 0.4) is 0 Å². The Morgan fingerprint density at radius 3 is 2.73 bits per heavy atom. The number of hydrogen-bond acceptors (Lipinski definition) is 7. The second kappa shape index (κ2) is 9.00. The first-order valence-electron chi connectivity index (χ1n) is 8.92. The molecule has 0 spiro atoms. The number of guanidine groups is 1. The molecule has 0 unspecified atom stereocenters. The summed E-state index contributed by atoms with van der Waals surface area (Å²) in [6.45, 7) is 8.27. The second-order valence-electron chi connectivity index (χ2n) is 6.44. The molecule has 2 aromatic heterocycles. The minimum absolute atomic E-state index is 0.603. The van der Waals surface area contributed by atoms with Crippen molar-refractivity contribution in [2.45, 2.75) is 20.0 Å². The maximum absolute atomic E-state index is 4.91. The summed E-state index contributed by atoms with van der Waals surface area (Å²) in [6.07, 6.45) is 1.63. The summed E-state index contributed by atoms with van der Waals surface area (Å²) in [5.74, 6) is 0.966. The molecule has 0 bridgehead atoms. The van der Waals surface area contributed by atoms with Crippen LogP contribution in [-0.2, 0) is 13.1 Å². The van der Waals surface area contributed by atoms with Crippen molar-refractivity contribution in [1.29, 1.82) is 0 Å². The Morgan fingerprint density at radius 2 is 2.12 bits per heavy atom. The molecule has 3 rings (SSSR count). The summed E-state index contributed by atoms with van der Waals surface area (Å²) >= 11 is 1.65. The Kier molecular flexibility index (Phi) is 6.45. The molecule has 0 atom stereocenters. The van der Waals surface area contributed by atoms with E-state index in [0.717, 1.165) is 61.7 Å². The molecule has 1 N–H and O–H groups in total. The van der Waals surface area contributed by atoms with Crippen LogP contribution >= 0.6 is 11.3 Å². The van der Waals surface area contributed by atoms with Crippen LogP contribution in [0.15, 0.2) is 27.2 Å². The molecule has 1 fully saturated rings. The molecule has 142 valence electrons. The number of anilines is 1. The summed E-state index contributed by atoms with van der Waals surface area (Å²) in [4.78, 5) is 16.1. The Morgan fingerprint density at radius 1 is 1.31 bits per heavy atom. The molecule has 0 aliphatic carbocycles. The van der Waals surface area contributed by atoms with Gasteiger partial charge in [-0.25, -0.2) is 9.98 Å². The van der Waals surface area contributed by atoms with Gasteiger partial charge in [-0.15, -0.1) is 11.3 Å². The fourth-order valence-electron chi connectivity index (χ4n) is 2.82. The minimum Gasteiger partial charge on any atom is -0.364 e. The quantitative estimate of drug-likeness (QED) is 0.604. The zero-order valence-corrected chi connectivity index (χ0v) is 16.5. The molecule has 8 nitrogen and oxygen atoms in total. The number of nitrogens with one attached hydrogen (secondary N) is 1. The van der Waals surface area contributed by atoms with E-state index in [9.17, 15) is 0 Å². The number of nitrogens with zero attached hydrogens (tertiary/aromatic N) is 6. The van der Waals surface area contributed by atoms with Crippen molar-refractivity contribution in [3.05, 3.63) is 29.1 Å². The van der Waals surface area contributed by atoms with Gasteiger partial charge in [-0.3, -0.25) is 4.90 Å². The SMILES string of the molecule is CCNC(=NCc1csc(N(C)C)n1)N1CCN(Cc2ccon2)CC1. The van der Waals surface area contributed by atoms with E-state index in [1.165, 1.54) is 0 Å². The lowest BCUT2D eigenvalue weighted by molar-refractivity contribution is 0.169. The van der Waals surface area contributed by atoms with Crippen molar-refractivity contribution in [3.8, 4) is 0 Å². The smallest absolute Gasteiger partial charge is 0.194 e. The first-order valence-corrected chi connectivity index (χ1v) is 9.80. The van der Waals surface area contributed by atoms with Crippen LogP contribution < -0.4 is 10.2 Å². The van der Waals surface area contributed by atoms with Crippen LogP contribution in [0.2, 0.25) is 0 Å². The fourth-order valence-corrected chi connectivity index (χ4v) is 3.57. The van der Waals surface area contributed by atoms with Crippen molar-refractivity contribution in [2.24, 2.45) is 4.99 Å². The van der Waals surface area contributed by atoms with Gasteiger partial charge in [0.2, 0.25) is 0 Å². The van der Waals surface area contributed by atoms with Crippen molar-refractivity contribution in [3.63, 3.8) is 0 Å². The van der Waals surface area contributed by atoms with Gasteiger partial charge in [-0.2, -0.15) is 0 Å². The van der Waals surface area contributed by atoms with Crippen LogP contribution in [-0.4, -0.2) is 72.7 Å². The Labute approximate surface area is 158 Å². The average Bonchev–Trinajstić information content (AvgIpc) is 3.31. The van der Waals surface area contributed by atoms with Gasteiger partial charge in [-0.05, 0) is 6.92 Å². The summed E-state index contributed by atoms with van der Waals surface area (Å²) < 4.78 is 4.91. The minimum atomic E-state index is 0.603. The number of hydrogen-bond donors (Lipinski definition) is 1. The van der Waals surface area contributed by atoms with Crippen LogP contribution in [0, 0.1) is 0 Å². The summed E-state index contributed by atoms with van der Waals surface area (Å²) in [6, 6.07) is 1.92. The van der Waals surface area contributed by atoms with E-state index in [-0.39, 0.29) is 0 Å². The lowest BCUT2D eigenvalue weighted by Gasteiger charge is -2.36. The molecule has 0 saturated carbocycles.